The van der Waals surface area contributed by atoms with E-state index >= 15 is 0 Å². The zero-order chi connectivity index (χ0) is 7.28. The highest BCUT2D eigenvalue weighted by molar-refractivity contribution is 5.69. The normalized spacial score (nSPS) is 8.11. The number of hydrogen-bond donors (Lipinski definition) is 0. The minimum absolute atomic E-state index is 0.113. The Morgan fingerprint density at radius 2 is 2.22 bits per heavy atom. The molecule has 0 rings (SSSR count). The summed E-state index contributed by atoms with van der Waals surface area (Å²) >= 11 is 0. The second kappa shape index (κ2) is 3.89. The minimum atomic E-state index is 0.113. The van der Waals surface area contributed by atoms with Gasteiger partial charge >= 0.3 is 0 Å². The maximum absolute atomic E-state index is 9.89. The second-order valence-electron chi connectivity index (χ2n) is 1.58. The van der Waals surface area contributed by atoms with E-state index in [1.807, 2.05) is 6.92 Å². The fourth-order valence-corrected chi connectivity index (χ4v) is 0.282. The molecule has 0 heterocycles. The summed E-state index contributed by atoms with van der Waals surface area (Å²) < 4.78 is 4.79. The fourth-order valence-electron chi connectivity index (χ4n) is 0.282. The molecule has 0 fully saturated rings. The van der Waals surface area contributed by atoms with Crippen molar-refractivity contribution < 1.29 is 9.53 Å². The van der Waals surface area contributed by atoms with Crippen LogP contribution in [0.2, 0.25) is 0 Å². The molecule has 0 saturated carbocycles. The second-order valence-corrected chi connectivity index (χ2v) is 1.58. The van der Waals surface area contributed by atoms with Gasteiger partial charge in [-0.25, -0.2) is 0 Å². The van der Waals surface area contributed by atoms with Gasteiger partial charge in [0.05, 0.1) is 5.76 Å². The molecule has 2 nitrogen and oxygen atoms in total. The van der Waals surface area contributed by atoms with E-state index in [9.17, 15) is 4.79 Å². The first-order valence-electron chi connectivity index (χ1n) is 2.70. The molecule has 0 aromatic carbocycles. The molecule has 9 heavy (non-hydrogen) atoms. The van der Waals surface area contributed by atoms with Crippen LogP contribution in [0.4, 0.5) is 0 Å². The monoisotopic (exact) mass is 126 g/mol. The highest BCUT2D eigenvalue weighted by atomic mass is 16.5. The van der Waals surface area contributed by atoms with Crippen LogP contribution in [-0.4, -0.2) is 6.29 Å². The third kappa shape index (κ3) is 3.53. The first-order chi connectivity index (χ1) is 4.20. The van der Waals surface area contributed by atoms with Crippen molar-refractivity contribution in [1.29, 1.82) is 0 Å². The predicted molar refractivity (Wildman–Crippen MR) is 35.7 cm³/mol. The average Bonchev–Trinajstić information content (AvgIpc) is 1.87. The Balaban J connectivity index is 3.59. The Labute approximate surface area is 54.8 Å². The Bertz CT molecular complexity index is 136. The molecule has 0 aromatic rings. The van der Waals surface area contributed by atoms with Crippen molar-refractivity contribution in [1.82, 2.24) is 0 Å². The molecular weight excluding hydrogens is 116 g/mol. The highest BCUT2D eigenvalue weighted by Gasteiger charge is 1.92. The fraction of sp³-hybridized carbons (Fsp3) is 0.286. The van der Waals surface area contributed by atoms with Gasteiger partial charge in [0.2, 0.25) is 0 Å². The molecule has 0 aliphatic heterocycles. The van der Waals surface area contributed by atoms with Gasteiger partial charge in [0.15, 0.2) is 12.0 Å². The van der Waals surface area contributed by atoms with Gasteiger partial charge < -0.3 is 4.74 Å². The molecule has 0 unspecified atom stereocenters. The zero-order valence-electron chi connectivity index (χ0n) is 5.52. The van der Waals surface area contributed by atoms with E-state index < -0.39 is 0 Å². The van der Waals surface area contributed by atoms with Crippen LogP contribution in [0, 0.1) is 0 Å². The summed E-state index contributed by atoms with van der Waals surface area (Å²) in [7, 11) is 0. The summed E-state index contributed by atoms with van der Waals surface area (Å²) in [6, 6.07) is 0. The van der Waals surface area contributed by atoms with Crippen molar-refractivity contribution in [2.75, 3.05) is 0 Å². The molecule has 0 N–H and O–H groups in total. The molecule has 0 amide bonds. The summed E-state index contributed by atoms with van der Waals surface area (Å²) in [6.07, 6.45) is 1.26. The van der Waals surface area contributed by atoms with Gasteiger partial charge in [-0.2, -0.15) is 0 Å². The number of rotatable bonds is 4. The van der Waals surface area contributed by atoms with Crippen LogP contribution in [0.3, 0.4) is 0 Å². The molecule has 0 bridgehead atoms. The summed E-state index contributed by atoms with van der Waals surface area (Å²) in [6.45, 7) is 8.72. The molecule has 50 valence electrons. The van der Waals surface area contributed by atoms with Crippen LogP contribution in [-0.2, 0) is 9.53 Å². The number of carbonyl (C=O) groups is 1. The lowest BCUT2D eigenvalue weighted by molar-refractivity contribution is -0.107. The molecule has 0 aliphatic rings. The third-order valence-corrected chi connectivity index (χ3v) is 0.801. The third-order valence-electron chi connectivity index (χ3n) is 0.801. The number of aldehydes is 1. The quantitative estimate of drug-likeness (QED) is 0.325. The van der Waals surface area contributed by atoms with Gasteiger partial charge in [-0.3, -0.25) is 4.79 Å². The van der Waals surface area contributed by atoms with Crippen LogP contribution >= 0.6 is 0 Å². The van der Waals surface area contributed by atoms with Crippen molar-refractivity contribution in [3.8, 4) is 0 Å². The van der Waals surface area contributed by atoms with Crippen LogP contribution < -0.4 is 0 Å². The predicted octanol–water partition coefficient (Wildman–Crippen LogP) is 1.64. The van der Waals surface area contributed by atoms with Gasteiger partial charge in [0.25, 0.3) is 0 Å². The molecule has 0 aliphatic carbocycles. The van der Waals surface area contributed by atoms with Gasteiger partial charge in [0.1, 0.15) is 0 Å². The number of ether oxygens (including phenoxy) is 1. The zero-order valence-corrected chi connectivity index (χ0v) is 5.52. The Hall–Kier alpha value is -1.05. The first kappa shape index (κ1) is 7.95. The van der Waals surface area contributed by atoms with Gasteiger partial charge in [-0.15, -0.1) is 0 Å². The van der Waals surface area contributed by atoms with Crippen LogP contribution in [0.5, 0.6) is 0 Å². The molecule has 0 aromatic heterocycles. The van der Waals surface area contributed by atoms with Crippen LogP contribution in [0.15, 0.2) is 24.7 Å². The van der Waals surface area contributed by atoms with E-state index in [2.05, 4.69) is 13.2 Å². The van der Waals surface area contributed by atoms with Gasteiger partial charge in [0, 0.05) is 6.42 Å². The standard InChI is InChI=1S/C7H10O2/c1-4-6(2)9-7(3)5-8/h5H,2-4H2,1H3. The van der Waals surface area contributed by atoms with Crippen LogP contribution in [0.1, 0.15) is 13.3 Å². The largest absolute Gasteiger partial charge is 0.460 e. The van der Waals surface area contributed by atoms with Crippen molar-refractivity contribution >= 4 is 6.29 Å². The number of carbonyl (C=O) groups excluding carboxylic acids is 1. The van der Waals surface area contributed by atoms with Crippen LogP contribution in [0.25, 0.3) is 0 Å². The first-order valence-corrected chi connectivity index (χ1v) is 2.70. The van der Waals surface area contributed by atoms with Gasteiger partial charge in [-0.05, 0) is 0 Å². The topological polar surface area (TPSA) is 26.3 Å². The molecule has 0 radical (unpaired) electrons. The summed E-state index contributed by atoms with van der Waals surface area (Å²) in [5.41, 5.74) is 0. The van der Waals surface area contributed by atoms with E-state index in [0.29, 0.717) is 18.5 Å². The van der Waals surface area contributed by atoms with Gasteiger partial charge in [-0.1, -0.05) is 20.1 Å². The molecular formula is C7H10O2. The minimum Gasteiger partial charge on any atom is -0.460 e. The molecule has 0 spiro atoms. The lowest BCUT2D eigenvalue weighted by Gasteiger charge is -2.01. The van der Waals surface area contributed by atoms with E-state index in [4.69, 9.17) is 4.74 Å². The molecule has 0 saturated heterocycles. The SMILES string of the molecule is C=C(C=O)OC(=C)CC. The van der Waals surface area contributed by atoms with Crippen molar-refractivity contribution in [3.05, 3.63) is 24.7 Å². The maximum Gasteiger partial charge on any atom is 0.184 e. The van der Waals surface area contributed by atoms with Crippen molar-refractivity contribution in [2.24, 2.45) is 0 Å². The molecule has 2 heteroatoms. The average molecular weight is 126 g/mol. The van der Waals surface area contributed by atoms with Crippen molar-refractivity contribution in [2.45, 2.75) is 13.3 Å². The van der Waals surface area contributed by atoms with E-state index in [-0.39, 0.29) is 5.76 Å². The van der Waals surface area contributed by atoms with E-state index in [0.717, 1.165) is 0 Å². The number of allylic oxidation sites excluding steroid dienone is 2. The Kier molecular flexibility index (Phi) is 3.44. The van der Waals surface area contributed by atoms with E-state index in [1.54, 1.807) is 0 Å². The molecule has 0 atom stereocenters. The lowest BCUT2D eigenvalue weighted by atomic mass is 10.4. The van der Waals surface area contributed by atoms with E-state index in [1.165, 1.54) is 0 Å². The lowest BCUT2D eigenvalue weighted by Crippen LogP contribution is -1.89. The van der Waals surface area contributed by atoms with Crippen molar-refractivity contribution in [3.63, 3.8) is 0 Å². The number of hydrogen-bond acceptors (Lipinski definition) is 2. The highest BCUT2D eigenvalue weighted by Crippen LogP contribution is 2.02. The summed E-state index contributed by atoms with van der Waals surface area (Å²) in [5, 5.41) is 0. The maximum atomic E-state index is 9.89. The smallest absolute Gasteiger partial charge is 0.184 e. The Morgan fingerprint density at radius 1 is 1.67 bits per heavy atom. The Morgan fingerprint density at radius 3 is 2.56 bits per heavy atom. The summed E-state index contributed by atoms with van der Waals surface area (Å²) in [4.78, 5) is 9.89. The summed E-state index contributed by atoms with van der Waals surface area (Å²) in [5.74, 6) is 0.675.